The molecule has 130 valence electrons. The van der Waals surface area contributed by atoms with Crippen LogP contribution in [0, 0.1) is 17.0 Å². The number of rotatable bonds is 12. The minimum Gasteiger partial charge on any atom is -0.465 e. The van der Waals surface area contributed by atoms with Crippen molar-refractivity contribution in [3.63, 3.8) is 0 Å². The van der Waals surface area contributed by atoms with E-state index in [1.54, 1.807) is 6.20 Å². The molecular formula is C16H26N2O4S. The fourth-order valence-electron chi connectivity index (χ4n) is 2.31. The van der Waals surface area contributed by atoms with E-state index in [1.165, 1.54) is 30.6 Å². The van der Waals surface area contributed by atoms with Gasteiger partial charge in [-0.3, -0.25) is 14.9 Å². The number of carbonyl (C=O) groups is 1. The Morgan fingerprint density at radius 2 is 2.04 bits per heavy atom. The van der Waals surface area contributed by atoms with Crippen molar-refractivity contribution in [2.75, 3.05) is 13.2 Å². The fraction of sp³-hybridized carbons (Fsp3) is 0.750. The predicted octanol–water partition coefficient (Wildman–Crippen LogP) is 4.11. The van der Waals surface area contributed by atoms with Gasteiger partial charge < -0.3 is 4.74 Å². The van der Waals surface area contributed by atoms with E-state index >= 15 is 0 Å². The van der Waals surface area contributed by atoms with E-state index in [2.05, 4.69) is 11.9 Å². The number of hydrogen-bond donors (Lipinski definition) is 0. The molecule has 0 fully saturated rings. The van der Waals surface area contributed by atoms with Gasteiger partial charge in [-0.1, -0.05) is 39.0 Å². The first-order chi connectivity index (χ1) is 11.0. The molecular weight excluding hydrogens is 316 g/mol. The minimum atomic E-state index is -0.577. The van der Waals surface area contributed by atoms with E-state index in [4.69, 9.17) is 4.74 Å². The van der Waals surface area contributed by atoms with E-state index in [0.29, 0.717) is 6.61 Å². The van der Waals surface area contributed by atoms with Gasteiger partial charge in [-0.05, 0) is 13.3 Å². The summed E-state index contributed by atoms with van der Waals surface area (Å²) >= 11 is 1.39. The Morgan fingerprint density at radius 1 is 1.35 bits per heavy atom. The Kier molecular flexibility index (Phi) is 9.43. The highest BCUT2D eigenvalue weighted by Crippen LogP contribution is 2.27. The highest BCUT2D eigenvalue weighted by Gasteiger charge is 2.26. The van der Waals surface area contributed by atoms with Crippen LogP contribution in [-0.2, 0) is 9.53 Å². The average Bonchev–Trinajstić information content (AvgIpc) is 2.92. The summed E-state index contributed by atoms with van der Waals surface area (Å²) in [6.07, 6.45) is 8.50. The van der Waals surface area contributed by atoms with Crippen LogP contribution in [0.5, 0.6) is 0 Å². The summed E-state index contributed by atoms with van der Waals surface area (Å²) in [6.45, 7) is 4.17. The summed E-state index contributed by atoms with van der Waals surface area (Å²) in [6, 6.07) is 0. The summed E-state index contributed by atoms with van der Waals surface area (Å²) in [5.41, 5.74) is 0. The molecule has 1 aromatic heterocycles. The fourth-order valence-corrected chi connectivity index (χ4v) is 3.21. The van der Waals surface area contributed by atoms with E-state index in [-0.39, 0.29) is 18.9 Å². The third-order valence-electron chi connectivity index (χ3n) is 3.61. The normalized spacial score (nSPS) is 12.1. The third kappa shape index (κ3) is 8.06. The quantitative estimate of drug-likeness (QED) is 0.247. The largest absolute Gasteiger partial charge is 0.465 e. The number of unbranched alkanes of at least 4 members (excludes halogenated alkanes) is 5. The van der Waals surface area contributed by atoms with Crippen molar-refractivity contribution in [3.05, 3.63) is 26.2 Å². The number of ether oxygens (including phenoxy) is 1. The lowest BCUT2D eigenvalue weighted by molar-refractivity contribution is -0.480. The summed E-state index contributed by atoms with van der Waals surface area (Å²) in [5.74, 6) is -0.948. The molecule has 0 aliphatic carbocycles. The summed E-state index contributed by atoms with van der Waals surface area (Å²) in [4.78, 5) is 27.3. The zero-order valence-corrected chi connectivity index (χ0v) is 14.8. The van der Waals surface area contributed by atoms with Crippen LogP contribution in [-0.4, -0.2) is 29.0 Å². The van der Waals surface area contributed by atoms with E-state index < -0.39 is 10.8 Å². The summed E-state index contributed by atoms with van der Waals surface area (Å²) in [5, 5.41) is 11.4. The highest BCUT2D eigenvalue weighted by molar-refractivity contribution is 7.11. The number of nitrogens with zero attached hydrogens (tertiary/aromatic N) is 2. The molecule has 0 spiro atoms. The molecule has 0 N–H and O–H groups in total. The molecule has 1 rings (SSSR count). The Morgan fingerprint density at radius 3 is 2.65 bits per heavy atom. The van der Waals surface area contributed by atoms with Crippen LogP contribution < -0.4 is 0 Å². The van der Waals surface area contributed by atoms with Crippen molar-refractivity contribution in [1.82, 2.24) is 4.98 Å². The lowest BCUT2D eigenvalue weighted by atomic mass is 10.0. The number of aryl methyl sites for hydroxylation is 1. The first-order valence-electron chi connectivity index (χ1n) is 8.25. The molecule has 0 aliphatic rings. The van der Waals surface area contributed by atoms with Gasteiger partial charge in [-0.15, -0.1) is 11.3 Å². The van der Waals surface area contributed by atoms with Crippen molar-refractivity contribution in [2.24, 2.45) is 0 Å². The number of nitro groups is 1. The van der Waals surface area contributed by atoms with Gasteiger partial charge in [-0.25, -0.2) is 4.98 Å². The second-order valence-electron chi connectivity index (χ2n) is 5.61. The van der Waals surface area contributed by atoms with Gasteiger partial charge in [0.05, 0.1) is 17.5 Å². The van der Waals surface area contributed by atoms with Crippen LogP contribution in [0.15, 0.2) is 6.20 Å². The van der Waals surface area contributed by atoms with Gasteiger partial charge in [0, 0.05) is 22.4 Å². The van der Waals surface area contributed by atoms with Crippen molar-refractivity contribution < 1.29 is 14.5 Å². The van der Waals surface area contributed by atoms with Gasteiger partial charge in [0.1, 0.15) is 0 Å². The van der Waals surface area contributed by atoms with Gasteiger partial charge >= 0.3 is 5.97 Å². The Hall–Kier alpha value is -1.50. The van der Waals surface area contributed by atoms with E-state index in [0.717, 1.165) is 29.1 Å². The predicted molar refractivity (Wildman–Crippen MR) is 90.4 cm³/mol. The van der Waals surface area contributed by atoms with Crippen LogP contribution in [0.1, 0.15) is 67.7 Å². The molecule has 1 atom stereocenters. The minimum absolute atomic E-state index is 0.157. The standard InChI is InChI=1S/C16H26N2O4S/c1-3-4-5-6-7-8-11-22-16(19)14(9-10-18(20)21)15-12-17-13(2)23-15/h12,14H,3-11H2,1-2H3. The first kappa shape index (κ1) is 19.5. The average molecular weight is 342 g/mol. The maximum absolute atomic E-state index is 12.2. The maximum atomic E-state index is 12.2. The van der Waals surface area contributed by atoms with Crippen LogP contribution in [0.25, 0.3) is 0 Å². The molecule has 0 aromatic carbocycles. The zero-order chi connectivity index (χ0) is 17.1. The van der Waals surface area contributed by atoms with Crippen molar-refractivity contribution in [3.8, 4) is 0 Å². The van der Waals surface area contributed by atoms with Crippen LogP contribution >= 0.6 is 11.3 Å². The smallest absolute Gasteiger partial charge is 0.314 e. The molecule has 1 unspecified atom stereocenters. The number of aromatic nitrogens is 1. The Balaban J connectivity index is 2.41. The maximum Gasteiger partial charge on any atom is 0.314 e. The lowest BCUT2D eigenvalue weighted by Gasteiger charge is -2.12. The second kappa shape index (κ2) is 11.1. The van der Waals surface area contributed by atoms with Crippen molar-refractivity contribution in [2.45, 2.75) is 64.7 Å². The zero-order valence-electron chi connectivity index (χ0n) is 14.0. The molecule has 7 heteroatoms. The molecule has 0 amide bonds. The van der Waals surface area contributed by atoms with Crippen molar-refractivity contribution in [1.29, 1.82) is 0 Å². The molecule has 0 radical (unpaired) electrons. The van der Waals surface area contributed by atoms with Gasteiger partial charge in [0.2, 0.25) is 6.54 Å². The van der Waals surface area contributed by atoms with Gasteiger partial charge in [0.15, 0.2) is 0 Å². The highest BCUT2D eigenvalue weighted by atomic mass is 32.1. The molecule has 0 saturated carbocycles. The molecule has 0 saturated heterocycles. The first-order valence-corrected chi connectivity index (χ1v) is 9.07. The van der Waals surface area contributed by atoms with Gasteiger partial charge in [0.25, 0.3) is 0 Å². The number of esters is 1. The SMILES string of the molecule is CCCCCCCCOC(=O)C(CC[N+](=O)[O-])c1cnc(C)s1. The van der Waals surface area contributed by atoms with Crippen LogP contribution in [0.4, 0.5) is 0 Å². The topological polar surface area (TPSA) is 82.3 Å². The molecule has 0 aliphatic heterocycles. The number of carbonyl (C=O) groups excluding carboxylic acids is 1. The van der Waals surface area contributed by atoms with E-state index in [1.807, 2.05) is 6.92 Å². The molecule has 0 bridgehead atoms. The Labute approximate surface area is 141 Å². The Bertz CT molecular complexity index is 490. The van der Waals surface area contributed by atoms with E-state index in [9.17, 15) is 14.9 Å². The monoisotopic (exact) mass is 342 g/mol. The van der Waals surface area contributed by atoms with Crippen LogP contribution in [0.3, 0.4) is 0 Å². The second-order valence-corrected chi connectivity index (χ2v) is 6.88. The van der Waals surface area contributed by atoms with Crippen molar-refractivity contribution >= 4 is 17.3 Å². The molecule has 6 nitrogen and oxygen atoms in total. The summed E-state index contributed by atoms with van der Waals surface area (Å²) < 4.78 is 5.32. The lowest BCUT2D eigenvalue weighted by Crippen LogP contribution is -2.19. The van der Waals surface area contributed by atoms with Crippen LogP contribution in [0.2, 0.25) is 0 Å². The molecule has 1 heterocycles. The molecule has 1 aromatic rings. The van der Waals surface area contributed by atoms with Gasteiger partial charge in [-0.2, -0.15) is 0 Å². The number of thiazole rings is 1. The summed E-state index contributed by atoms with van der Waals surface area (Å²) in [7, 11) is 0. The number of hydrogen-bond acceptors (Lipinski definition) is 6. The third-order valence-corrected chi connectivity index (χ3v) is 4.64. The molecule has 23 heavy (non-hydrogen) atoms.